The minimum atomic E-state index is -0.428. The molecule has 4 aliphatic carbocycles. The highest BCUT2D eigenvalue weighted by atomic mass is 16.5. The predicted molar refractivity (Wildman–Crippen MR) is 84.9 cm³/mol. The van der Waals surface area contributed by atoms with Crippen LogP contribution in [0.4, 0.5) is 5.69 Å². The van der Waals surface area contributed by atoms with Crippen molar-refractivity contribution >= 4 is 23.5 Å². The lowest BCUT2D eigenvalue weighted by atomic mass is 9.63. The van der Waals surface area contributed by atoms with Crippen LogP contribution in [0.25, 0.3) is 0 Å². The molecule has 1 heterocycles. The summed E-state index contributed by atoms with van der Waals surface area (Å²) < 4.78 is 5.08. The van der Waals surface area contributed by atoms with E-state index in [1.54, 1.807) is 24.3 Å². The maximum absolute atomic E-state index is 13.0. The molecule has 122 valence electrons. The average Bonchev–Trinajstić information content (AvgIpc) is 3.31. The van der Waals surface area contributed by atoms with Crippen LogP contribution < -0.4 is 9.64 Å². The Hall–Kier alpha value is -2.43. The van der Waals surface area contributed by atoms with Gasteiger partial charge in [-0.25, -0.2) is 4.90 Å². The standard InChI is InChI=1S/C19H17NO4/c1-9(21)24-11-4-2-3-10(7-11)20-18(22)16-12-5-6-13(15-8-14(12)15)17(16)19(20)23/h2-7,12-17H,8H2,1H3/t12-,13-,14-,15+,16-,17+/m1/s1. The molecule has 0 radical (unpaired) electrons. The first-order chi connectivity index (χ1) is 11.6. The Morgan fingerprint density at radius 1 is 1.08 bits per heavy atom. The van der Waals surface area contributed by atoms with Crippen LogP contribution in [0.2, 0.25) is 0 Å². The molecular formula is C19H17NO4. The number of hydrogen-bond donors (Lipinski definition) is 0. The fourth-order valence-corrected chi connectivity index (χ4v) is 5.06. The molecule has 5 heteroatoms. The van der Waals surface area contributed by atoms with Gasteiger partial charge in [0.2, 0.25) is 11.8 Å². The van der Waals surface area contributed by atoms with Crippen LogP contribution in [0.1, 0.15) is 13.3 Å². The minimum Gasteiger partial charge on any atom is -0.427 e. The lowest BCUT2D eigenvalue weighted by molar-refractivity contribution is -0.132. The van der Waals surface area contributed by atoms with Crippen molar-refractivity contribution in [1.82, 2.24) is 0 Å². The summed E-state index contributed by atoms with van der Waals surface area (Å²) in [7, 11) is 0. The van der Waals surface area contributed by atoms with Gasteiger partial charge < -0.3 is 4.74 Å². The number of rotatable bonds is 2. The molecule has 2 amide bonds. The summed E-state index contributed by atoms with van der Waals surface area (Å²) in [4.78, 5) is 38.4. The number of imide groups is 1. The van der Waals surface area contributed by atoms with Gasteiger partial charge in [-0.05, 0) is 42.2 Å². The summed E-state index contributed by atoms with van der Waals surface area (Å²) in [6.45, 7) is 1.32. The van der Waals surface area contributed by atoms with E-state index in [4.69, 9.17) is 4.74 Å². The number of esters is 1. The van der Waals surface area contributed by atoms with Crippen molar-refractivity contribution in [3.05, 3.63) is 36.4 Å². The molecule has 5 aliphatic rings. The molecule has 3 fully saturated rings. The summed E-state index contributed by atoms with van der Waals surface area (Å²) in [5, 5.41) is 0. The Kier molecular flexibility index (Phi) is 2.65. The van der Waals surface area contributed by atoms with E-state index in [0.29, 0.717) is 23.3 Å². The van der Waals surface area contributed by atoms with Gasteiger partial charge in [-0.2, -0.15) is 0 Å². The van der Waals surface area contributed by atoms with Crippen molar-refractivity contribution in [2.45, 2.75) is 13.3 Å². The van der Waals surface area contributed by atoms with Gasteiger partial charge in [0.05, 0.1) is 17.5 Å². The Morgan fingerprint density at radius 3 is 2.29 bits per heavy atom. The number of anilines is 1. The van der Waals surface area contributed by atoms with Crippen molar-refractivity contribution in [3.63, 3.8) is 0 Å². The smallest absolute Gasteiger partial charge is 0.308 e. The maximum atomic E-state index is 13.0. The number of benzene rings is 1. The zero-order valence-corrected chi connectivity index (χ0v) is 13.2. The van der Waals surface area contributed by atoms with Crippen LogP contribution in [0.3, 0.4) is 0 Å². The molecule has 6 rings (SSSR count). The lowest BCUT2D eigenvalue weighted by Gasteiger charge is -2.37. The fraction of sp³-hybridized carbons (Fsp3) is 0.421. The summed E-state index contributed by atoms with van der Waals surface area (Å²) in [6.07, 6.45) is 5.46. The third-order valence-electron chi connectivity index (χ3n) is 6.00. The number of allylic oxidation sites excluding steroid dienone is 2. The Balaban J connectivity index is 1.51. The van der Waals surface area contributed by atoms with Crippen molar-refractivity contribution in [3.8, 4) is 5.75 Å². The van der Waals surface area contributed by atoms with E-state index < -0.39 is 5.97 Å². The second kappa shape index (κ2) is 4.56. The molecule has 0 spiro atoms. The Bertz CT molecular complexity index is 777. The topological polar surface area (TPSA) is 63.7 Å². The van der Waals surface area contributed by atoms with Gasteiger partial charge in [-0.15, -0.1) is 0 Å². The zero-order chi connectivity index (χ0) is 16.6. The van der Waals surface area contributed by atoms with Gasteiger partial charge in [0.15, 0.2) is 0 Å². The van der Waals surface area contributed by atoms with E-state index in [0.717, 1.165) is 6.42 Å². The SMILES string of the molecule is CC(=O)Oc1cccc(N2C(=O)[C@@H]3[C@@H]4C=C[C@H]([C@@H]5C[C@H]45)[C@@H]3C2=O)c1. The molecule has 0 N–H and O–H groups in total. The third kappa shape index (κ3) is 1.72. The molecule has 1 saturated heterocycles. The monoisotopic (exact) mass is 323 g/mol. The highest BCUT2D eigenvalue weighted by Crippen LogP contribution is 2.65. The zero-order valence-electron chi connectivity index (χ0n) is 13.2. The normalized spacial score (nSPS) is 38.1. The molecule has 2 saturated carbocycles. The van der Waals surface area contributed by atoms with Gasteiger partial charge in [0.1, 0.15) is 5.75 Å². The number of carbonyl (C=O) groups excluding carboxylic acids is 3. The summed E-state index contributed by atoms with van der Waals surface area (Å²) in [5.41, 5.74) is 0.492. The molecular weight excluding hydrogens is 306 g/mol. The molecule has 1 aromatic rings. The van der Waals surface area contributed by atoms with E-state index >= 15 is 0 Å². The largest absolute Gasteiger partial charge is 0.427 e. The van der Waals surface area contributed by atoms with Gasteiger partial charge in [0.25, 0.3) is 0 Å². The average molecular weight is 323 g/mol. The van der Waals surface area contributed by atoms with Gasteiger partial charge in [-0.1, -0.05) is 18.2 Å². The van der Waals surface area contributed by atoms with Crippen molar-refractivity contribution < 1.29 is 19.1 Å². The van der Waals surface area contributed by atoms with Gasteiger partial charge in [0, 0.05) is 13.0 Å². The molecule has 6 atom stereocenters. The van der Waals surface area contributed by atoms with E-state index in [9.17, 15) is 14.4 Å². The lowest BCUT2D eigenvalue weighted by Crippen LogP contribution is -2.40. The first kappa shape index (κ1) is 14.0. The van der Waals surface area contributed by atoms with E-state index in [2.05, 4.69) is 12.2 Å². The molecule has 5 nitrogen and oxygen atoms in total. The summed E-state index contributed by atoms with van der Waals surface area (Å²) in [6, 6.07) is 6.64. The van der Waals surface area contributed by atoms with Crippen molar-refractivity contribution in [2.75, 3.05) is 4.90 Å². The number of carbonyl (C=O) groups is 3. The quantitative estimate of drug-likeness (QED) is 0.362. The van der Waals surface area contributed by atoms with E-state index in [1.165, 1.54) is 11.8 Å². The summed E-state index contributed by atoms with van der Waals surface area (Å²) >= 11 is 0. The van der Waals surface area contributed by atoms with Crippen LogP contribution in [0.5, 0.6) is 5.75 Å². The number of nitrogens with zero attached hydrogens (tertiary/aromatic N) is 1. The second-order valence-corrected chi connectivity index (χ2v) is 7.26. The minimum absolute atomic E-state index is 0.102. The fourth-order valence-electron chi connectivity index (χ4n) is 5.06. The van der Waals surface area contributed by atoms with Crippen molar-refractivity contribution in [1.29, 1.82) is 0 Å². The highest BCUT2D eigenvalue weighted by Gasteiger charge is 2.67. The number of ether oxygens (including phenoxy) is 1. The summed E-state index contributed by atoms with van der Waals surface area (Å²) in [5.74, 6) is 0.884. The van der Waals surface area contributed by atoms with Crippen molar-refractivity contribution in [2.24, 2.45) is 35.5 Å². The number of hydrogen-bond acceptors (Lipinski definition) is 4. The third-order valence-corrected chi connectivity index (χ3v) is 6.00. The molecule has 1 aromatic carbocycles. The first-order valence-corrected chi connectivity index (χ1v) is 8.41. The van der Waals surface area contributed by atoms with E-state index in [-0.39, 0.29) is 35.5 Å². The first-order valence-electron chi connectivity index (χ1n) is 8.41. The van der Waals surface area contributed by atoms with Gasteiger partial charge >= 0.3 is 5.97 Å². The Labute approximate surface area is 139 Å². The van der Waals surface area contributed by atoms with Crippen LogP contribution in [-0.2, 0) is 14.4 Å². The Morgan fingerprint density at radius 2 is 1.71 bits per heavy atom. The van der Waals surface area contributed by atoms with Crippen LogP contribution >= 0.6 is 0 Å². The van der Waals surface area contributed by atoms with Crippen LogP contribution in [0, 0.1) is 35.5 Å². The molecule has 0 aromatic heterocycles. The molecule has 24 heavy (non-hydrogen) atoms. The predicted octanol–water partition coefficient (Wildman–Crippen LogP) is 2.17. The molecule has 2 bridgehead atoms. The highest BCUT2D eigenvalue weighted by molar-refractivity contribution is 6.22. The molecule has 1 aliphatic heterocycles. The number of amides is 2. The van der Waals surface area contributed by atoms with Gasteiger partial charge in [-0.3, -0.25) is 14.4 Å². The van der Waals surface area contributed by atoms with Crippen LogP contribution in [-0.4, -0.2) is 17.8 Å². The van der Waals surface area contributed by atoms with E-state index in [1.807, 2.05) is 0 Å². The molecule has 0 unspecified atom stereocenters. The maximum Gasteiger partial charge on any atom is 0.308 e. The van der Waals surface area contributed by atoms with Crippen LogP contribution in [0.15, 0.2) is 36.4 Å². The second-order valence-electron chi connectivity index (χ2n) is 7.26.